The topological polar surface area (TPSA) is 71.5 Å². The molecule has 0 aliphatic carbocycles. The molecule has 2 heterocycles. The molecule has 4 rings (SSSR count). The minimum Gasteiger partial charge on any atom is -0.376 e. The molecule has 1 aliphatic heterocycles. The van der Waals surface area contributed by atoms with E-state index in [0.29, 0.717) is 22.9 Å². The van der Waals surface area contributed by atoms with E-state index < -0.39 is 0 Å². The molecule has 1 saturated heterocycles. The van der Waals surface area contributed by atoms with E-state index in [1.807, 2.05) is 24.3 Å². The van der Waals surface area contributed by atoms with Crippen LogP contribution in [0.4, 0.5) is 10.8 Å². The molecule has 3 aromatic rings. The van der Waals surface area contributed by atoms with Gasteiger partial charge in [0.1, 0.15) is 0 Å². The molecular weight excluding hydrogens is 374 g/mol. The van der Waals surface area contributed by atoms with Crippen LogP contribution in [0.25, 0.3) is 10.2 Å². The van der Waals surface area contributed by atoms with Crippen molar-refractivity contribution in [3.05, 3.63) is 54.1 Å². The molecule has 1 unspecified atom stereocenters. The highest BCUT2D eigenvalue weighted by atomic mass is 32.1. The number of carbonyl (C=O) groups excluding carboxylic acids is 2. The lowest BCUT2D eigenvalue weighted by Crippen LogP contribution is -2.37. The van der Waals surface area contributed by atoms with E-state index in [4.69, 9.17) is 4.74 Å². The van der Waals surface area contributed by atoms with Gasteiger partial charge in [0.05, 0.1) is 22.9 Å². The Morgan fingerprint density at radius 1 is 1.25 bits per heavy atom. The number of anilines is 2. The molecule has 2 amide bonds. The molecule has 1 aromatic heterocycles. The number of amides is 2. The van der Waals surface area contributed by atoms with E-state index in [1.54, 1.807) is 29.2 Å². The van der Waals surface area contributed by atoms with Gasteiger partial charge in [-0.1, -0.05) is 29.5 Å². The highest BCUT2D eigenvalue weighted by Crippen LogP contribution is 2.31. The number of ether oxygens (including phenoxy) is 1. The van der Waals surface area contributed by atoms with Gasteiger partial charge in [0.15, 0.2) is 5.13 Å². The van der Waals surface area contributed by atoms with Crippen molar-refractivity contribution in [2.24, 2.45) is 0 Å². The first kappa shape index (κ1) is 18.6. The van der Waals surface area contributed by atoms with Crippen molar-refractivity contribution >= 4 is 44.2 Å². The Bertz CT molecular complexity index is 978. The molecule has 0 radical (unpaired) electrons. The van der Waals surface area contributed by atoms with Crippen molar-refractivity contribution in [1.29, 1.82) is 0 Å². The van der Waals surface area contributed by atoms with Crippen LogP contribution in [0.15, 0.2) is 48.5 Å². The van der Waals surface area contributed by atoms with Crippen LogP contribution in [0.1, 0.15) is 30.1 Å². The maximum Gasteiger partial charge on any atom is 0.260 e. The summed E-state index contributed by atoms with van der Waals surface area (Å²) in [7, 11) is 0. The molecule has 0 bridgehead atoms. The van der Waals surface area contributed by atoms with Gasteiger partial charge in [-0.15, -0.1) is 0 Å². The molecule has 0 saturated carbocycles. The highest BCUT2D eigenvalue weighted by Gasteiger charge is 2.27. The van der Waals surface area contributed by atoms with Gasteiger partial charge in [-0.25, -0.2) is 4.98 Å². The quantitative estimate of drug-likeness (QED) is 0.707. The second-order valence-electron chi connectivity index (χ2n) is 6.78. The molecule has 1 atom stereocenters. The molecule has 0 spiro atoms. The second-order valence-corrected chi connectivity index (χ2v) is 7.79. The zero-order valence-corrected chi connectivity index (χ0v) is 16.4. The summed E-state index contributed by atoms with van der Waals surface area (Å²) in [4.78, 5) is 31.1. The van der Waals surface area contributed by atoms with E-state index >= 15 is 0 Å². The SMILES string of the molecule is CC(=O)Nc1cccc(C(=O)N(CC2CCCO2)c2nc3ccccc3s2)c1. The van der Waals surface area contributed by atoms with Gasteiger partial charge in [0.2, 0.25) is 5.91 Å². The average molecular weight is 395 g/mol. The van der Waals surface area contributed by atoms with Crippen molar-refractivity contribution < 1.29 is 14.3 Å². The lowest BCUT2D eigenvalue weighted by Gasteiger charge is -2.23. The van der Waals surface area contributed by atoms with E-state index in [0.717, 1.165) is 29.7 Å². The Kier molecular flexibility index (Phi) is 5.36. The van der Waals surface area contributed by atoms with E-state index in [9.17, 15) is 9.59 Å². The van der Waals surface area contributed by atoms with Crippen molar-refractivity contribution in [2.75, 3.05) is 23.4 Å². The fraction of sp³-hybridized carbons (Fsp3) is 0.286. The number of para-hydroxylation sites is 1. The molecule has 144 valence electrons. The van der Waals surface area contributed by atoms with Crippen LogP contribution in [0.5, 0.6) is 0 Å². The number of rotatable bonds is 5. The first-order valence-electron chi connectivity index (χ1n) is 9.27. The molecule has 1 N–H and O–H groups in total. The fourth-order valence-electron chi connectivity index (χ4n) is 3.30. The van der Waals surface area contributed by atoms with E-state index in [-0.39, 0.29) is 17.9 Å². The van der Waals surface area contributed by atoms with Crippen LogP contribution in [0.3, 0.4) is 0 Å². The third-order valence-electron chi connectivity index (χ3n) is 4.60. The normalized spacial score (nSPS) is 16.2. The summed E-state index contributed by atoms with van der Waals surface area (Å²) < 4.78 is 6.80. The van der Waals surface area contributed by atoms with Crippen molar-refractivity contribution in [3.63, 3.8) is 0 Å². The summed E-state index contributed by atoms with van der Waals surface area (Å²) in [6.07, 6.45) is 1.94. The molecule has 1 fully saturated rings. The first-order chi connectivity index (χ1) is 13.6. The monoisotopic (exact) mass is 395 g/mol. The molecule has 1 aliphatic rings. The third-order valence-corrected chi connectivity index (χ3v) is 5.66. The molecular formula is C21H21N3O3S. The average Bonchev–Trinajstić information content (AvgIpc) is 3.34. The lowest BCUT2D eigenvalue weighted by molar-refractivity contribution is -0.114. The maximum absolute atomic E-state index is 13.4. The maximum atomic E-state index is 13.4. The number of hydrogen-bond donors (Lipinski definition) is 1. The zero-order chi connectivity index (χ0) is 19.5. The number of carbonyl (C=O) groups is 2. The Balaban J connectivity index is 1.68. The second kappa shape index (κ2) is 8.08. The number of benzene rings is 2. The summed E-state index contributed by atoms with van der Waals surface area (Å²) in [5.74, 6) is -0.325. The van der Waals surface area contributed by atoms with Crippen molar-refractivity contribution in [2.45, 2.75) is 25.9 Å². The van der Waals surface area contributed by atoms with Crippen LogP contribution in [-0.4, -0.2) is 36.1 Å². The number of thiazole rings is 1. The van der Waals surface area contributed by atoms with Gasteiger partial charge < -0.3 is 10.1 Å². The van der Waals surface area contributed by atoms with Crippen LogP contribution in [0.2, 0.25) is 0 Å². The number of aromatic nitrogens is 1. The predicted octanol–water partition coefficient (Wildman–Crippen LogP) is 4.08. The van der Waals surface area contributed by atoms with Crippen molar-refractivity contribution in [1.82, 2.24) is 4.98 Å². The number of nitrogens with zero attached hydrogens (tertiary/aromatic N) is 2. The van der Waals surface area contributed by atoms with Gasteiger partial charge in [-0.05, 0) is 43.2 Å². The number of nitrogens with one attached hydrogen (secondary N) is 1. The minimum absolute atomic E-state index is 0.00879. The summed E-state index contributed by atoms with van der Waals surface area (Å²) >= 11 is 1.50. The van der Waals surface area contributed by atoms with Crippen LogP contribution >= 0.6 is 11.3 Å². The molecule has 2 aromatic carbocycles. The molecule has 6 nitrogen and oxygen atoms in total. The van der Waals surface area contributed by atoms with Gasteiger partial charge >= 0.3 is 0 Å². The number of hydrogen-bond acceptors (Lipinski definition) is 5. The fourth-order valence-corrected chi connectivity index (χ4v) is 4.28. The smallest absolute Gasteiger partial charge is 0.260 e. The summed E-state index contributed by atoms with van der Waals surface area (Å²) in [5, 5.41) is 3.38. The number of fused-ring (bicyclic) bond motifs is 1. The van der Waals surface area contributed by atoms with Crippen LogP contribution < -0.4 is 10.2 Å². The minimum atomic E-state index is -0.174. The predicted molar refractivity (Wildman–Crippen MR) is 111 cm³/mol. The largest absolute Gasteiger partial charge is 0.376 e. The van der Waals surface area contributed by atoms with Gasteiger partial charge in [0.25, 0.3) is 5.91 Å². The van der Waals surface area contributed by atoms with Gasteiger partial charge in [-0.2, -0.15) is 0 Å². The Morgan fingerprint density at radius 3 is 2.86 bits per heavy atom. The standard InChI is InChI=1S/C21H21N3O3S/c1-14(25)22-16-7-4-6-15(12-16)20(26)24(13-17-8-5-11-27-17)21-23-18-9-2-3-10-19(18)28-21/h2-4,6-7,9-10,12,17H,5,8,11,13H2,1H3,(H,22,25). The summed E-state index contributed by atoms with van der Waals surface area (Å²) in [5.41, 5.74) is 1.97. The lowest BCUT2D eigenvalue weighted by atomic mass is 10.1. The van der Waals surface area contributed by atoms with Crippen LogP contribution in [0, 0.1) is 0 Å². The van der Waals surface area contributed by atoms with Gasteiger partial charge in [0, 0.05) is 24.8 Å². The Hall–Kier alpha value is -2.77. The van der Waals surface area contributed by atoms with Crippen LogP contribution in [-0.2, 0) is 9.53 Å². The van der Waals surface area contributed by atoms with E-state index in [1.165, 1.54) is 18.3 Å². The van der Waals surface area contributed by atoms with Gasteiger partial charge in [-0.3, -0.25) is 14.5 Å². The Labute approximate surface area is 167 Å². The van der Waals surface area contributed by atoms with Crippen molar-refractivity contribution in [3.8, 4) is 0 Å². The Morgan fingerprint density at radius 2 is 2.11 bits per heavy atom. The summed E-state index contributed by atoms with van der Waals surface area (Å²) in [6.45, 7) is 2.63. The highest BCUT2D eigenvalue weighted by molar-refractivity contribution is 7.22. The molecule has 7 heteroatoms. The third kappa shape index (κ3) is 4.05. The molecule has 28 heavy (non-hydrogen) atoms. The zero-order valence-electron chi connectivity index (χ0n) is 15.6. The first-order valence-corrected chi connectivity index (χ1v) is 10.1. The van der Waals surface area contributed by atoms with E-state index in [2.05, 4.69) is 10.3 Å². The summed E-state index contributed by atoms with van der Waals surface area (Å²) in [6, 6.07) is 14.8.